The zero-order valence-electron chi connectivity index (χ0n) is 16.4. The molecule has 8 heteroatoms. The fraction of sp³-hybridized carbons (Fsp3) is 0.273. The lowest BCUT2D eigenvalue weighted by molar-refractivity contribution is -0.138. The van der Waals surface area contributed by atoms with Gasteiger partial charge in [-0.3, -0.25) is 0 Å². The molecule has 160 valence electrons. The quantitative estimate of drug-likeness (QED) is 0.293. The SMILES string of the molecule is C=CC(=O)OCC(S)COc1ccc2c(OCC(S)COC(=O)C=C)cccc2c1. The predicted molar refractivity (Wildman–Crippen MR) is 123 cm³/mol. The molecule has 2 rings (SSSR count). The lowest BCUT2D eigenvalue weighted by atomic mass is 10.1. The Balaban J connectivity index is 1.93. The molecular weight excluding hydrogens is 424 g/mol. The van der Waals surface area contributed by atoms with E-state index >= 15 is 0 Å². The van der Waals surface area contributed by atoms with Gasteiger partial charge in [0.25, 0.3) is 0 Å². The van der Waals surface area contributed by atoms with Gasteiger partial charge in [-0.15, -0.1) is 0 Å². The molecule has 2 unspecified atom stereocenters. The number of esters is 2. The number of rotatable bonds is 12. The van der Waals surface area contributed by atoms with Gasteiger partial charge < -0.3 is 18.9 Å². The van der Waals surface area contributed by atoms with E-state index < -0.39 is 11.9 Å². The number of thiol groups is 2. The maximum Gasteiger partial charge on any atom is 0.330 e. The van der Waals surface area contributed by atoms with Crippen LogP contribution in [-0.4, -0.2) is 48.9 Å². The van der Waals surface area contributed by atoms with Crippen molar-refractivity contribution in [3.05, 3.63) is 61.7 Å². The third kappa shape index (κ3) is 7.68. The Morgan fingerprint density at radius 3 is 2.07 bits per heavy atom. The maximum atomic E-state index is 11.1. The highest BCUT2D eigenvalue weighted by Gasteiger charge is 2.11. The van der Waals surface area contributed by atoms with Crippen molar-refractivity contribution >= 4 is 48.0 Å². The van der Waals surface area contributed by atoms with E-state index in [4.69, 9.17) is 18.9 Å². The Morgan fingerprint density at radius 1 is 0.867 bits per heavy atom. The highest BCUT2D eigenvalue weighted by Crippen LogP contribution is 2.29. The Hall–Kier alpha value is -2.58. The first kappa shape index (κ1) is 23.7. The number of ether oxygens (including phenoxy) is 4. The number of carbonyl (C=O) groups excluding carboxylic acids is 2. The van der Waals surface area contributed by atoms with Crippen molar-refractivity contribution < 1.29 is 28.5 Å². The topological polar surface area (TPSA) is 71.1 Å². The molecule has 6 nitrogen and oxygen atoms in total. The van der Waals surface area contributed by atoms with Gasteiger partial charge in [0.2, 0.25) is 0 Å². The van der Waals surface area contributed by atoms with Crippen LogP contribution in [0.1, 0.15) is 0 Å². The van der Waals surface area contributed by atoms with Gasteiger partial charge in [-0.2, -0.15) is 25.3 Å². The minimum absolute atomic E-state index is 0.129. The average Bonchev–Trinajstić information content (AvgIpc) is 2.77. The van der Waals surface area contributed by atoms with Gasteiger partial charge in [0.15, 0.2) is 0 Å². The van der Waals surface area contributed by atoms with Crippen LogP contribution in [-0.2, 0) is 19.1 Å². The van der Waals surface area contributed by atoms with Crippen LogP contribution in [0.5, 0.6) is 11.5 Å². The minimum Gasteiger partial charge on any atom is -0.492 e. The smallest absolute Gasteiger partial charge is 0.330 e. The molecule has 0 saturated heterocycles. The molecule has 0 spiro atoms. The molecule has 30 heavy (non-hydrogen) atoms. The van der Waals surface area contributed by atoms with Crippen LogP contribution in [0, 0.1) is 0 Å². The van der Waals surface area contributed by atoms with Gasteiger partial charge in [0.1, 0.15) is 37.9 Å². The van der Waals surface area contributed by atoms with Crippen molar-refractivity contribution in [2.45, 2.75) is 10.5 Å². The van der Waals surface area contributed by atoms with E-state index in [1.165, 1.54) is 0 Å². The van der Waals surface area contributed by atoms with Crippen molar-refractivity contribution in [2.24, 2.45) is 0 Å². The first-order chi connectivity index (χ1) is 14.4. The molecule has 0 saturated carbocycles. The van der Waals surface area contributed by atoms with Crippen molar-refractivity contribution in [1.29, 1.82) is 0 Å². The average molecular weight is 449 g/mol. The summed E-state index contributed by atoms with van der Waals surface area (Å²) in [6.07, 6.45) is 2.21. The summed E-state index contributed by atoms with van der Waals surface area (Å²) in [4.78, 5) is 22.2. The largest absolute Gasteiger partial charge is 0.492 e. The summed E-state index contributed by atoms with van der Waals surface area (Å²) < 4.78 is 21.5. The molecule has 2 aromatic carbocycles. The first-order valence-electron chi connectivity index (χ1n) is 9.15. The Kier molecular flexibility index (Phi) is 9.63. The fourth-order valence-electron chi connectivity index (χ4n) is 2.40. The highest BCUT2D eigenvalue weighted by molar-refractivity contribution is 7.81. The molecule has 0 heterocycles. The summed E-state index contributed by atoms with van der Waals surface area (Å²) in [5, 5.41) is 1.32. The van der Waals surface area contributed by atoms with E-state index in [-0.39, 0.29) is 36.9 Å². The third-order valence-electron chi connectivity index (χ3n) is 3.85. The van der Waals surface area contributed by atoms with Gasteiger partial charge in [0.05, 0.1) is 10.5 Å². The molecule has 2 aromatic rings. The second kappa shape index (κ2) is 12.2. The molecule has 2 atom stereocenters. The van der Waals surface area contributed by atoms with Gasteiger partial charge in [-0.05, 0) is 29.7 Å². The molecule has 0 N–H and O–H groups in total. The van der Waals surface area contributed by atoms with E-state index in [1.807, 2.05) is 36.4 Å². The van der Waals surface area contributed by atoms with Crippen LogP contribution in [0.15, 0.2) is 61.7 Å². The molecule has 0 aliphatic carbocycles. The standard InChI is InChI=1S/C22H24O6S2/c1-3-21(23)27-13-17(29)11-25-16-8-9-19-15(10-16)6-5-7-20(19)26-12-18(30)14-28-22(24)4-2/h3-10,17-18,29-30H,1-2,11-14H2. The van der Waals surface area contributed by atoms with E-state index in [0.29, 0.717) is 11.5 Å². The predicted octanol–water partition coefficient (Wildman–Crippen LogP) is 3.65. The number of hydrogen-bond acceptors (Lipinski definition) is 8. The summed E-state index contributed by atoms with van der Waals surface area (Å²) in [5.74, 6) is 0.373. The molecule has 0 radical (unpaired) electrons. The Labute approximate surface area is 186 Å². The highest BCUT2D eigenvalue weighted by atomic mass is 32.1. The summed E-state index contributed by atoms with van der Waals surface area (Å²) in [6, 6.07) is 11.3. The van der Waals surface area contributed by atoms with Crippen molar-refractivity contribution in [1.82, 2.24) is 0 Å². The lowest BCUT2D eigenvalue weighted by Gasteiger charge is -2.15. The van der Waals surface area contributed by atoms with Gasteiger partial charge in [-0.25, -0.2) is 9.59 Å². The maximum absolute atomic E-state index is 11.1. The van der Waals surface area contributed by atoms with E-state index in [0.717, 1.165) is 22.9 Å². The second-order valence-corrected chi connectivity index (χ2v) is 7.70. The zero-order chi connectivity index (χ0) is 21.9. The summed E-state index contributed by atoms with van der Waals surface area (Å²) >= 11 is 8.71. The van der Waals surface area contributed by atoms with Crippen LogP contribution in [0.3, 0.4) is 0 Å². The molecule has 0 aromatic heterocycles. The van der Waals surface area contributed by atoms with Crippen LogP contribution in [0.2, 0.25) is 0 Å². The monoisotopic (exact) mass is 448 g/mol. The normalized spacial score (nSPS) is 12.5. The summed E-state index contributed by atoms with van der Waals surface area (Å²) in [6.45, 7) is 7.50. The molecular formula is C22H24O6S2. The first-order valence-corrected chi connectivity index (χ1v) is 10.2. The van der Waals surface area contributed by atoms with Crippen LogP contribution in [0.4, 0.5) is 0 Å². The molecule has 0 amide bonds. The van der Waals surface area contributed by atoms with E-state index in [9.17, 15) is 9.59 Å². The molecule has 0 aliphatic rings. The van der Waals surface area contributed by atoms with Gasteiger partial charge in [-0.1, -0.05) is 25.3 Å². The Bertz CT molecular complexity index is 898. The number of fused-ring (bicyclic) bond motifs is 1. The van der Waals surface area contributed by atoms with E-state index in [2.05, 4.69) is 38.4 Å². The van der Waals surface area contributed by atoms with Crippen molar-refractivity contribution in [3.63, 3.8) is 0 Å². The van der Waals surface area contributed by atoms with Gasteiger partial charge >= 0.3 is 11.9 Å². The van der Waals surface area contributed by atoms with E-state index in [1.54, 1.807) is 0 Å². The number of hydrogen-bond donors (Lipinski definition) is 2. The minimum atomic E-state index is -0.492. The van der Waals surface area contributed by atoms with Crippen LogP contribution in [0.25, 0.3) is 10.8 Å². The van der Waals surface area contributed by atoms with Crippen LogP contribution >= 0.6 is 25.3 Å². The fourth-order valence-corrected chi connectivity index (χ4v) is 2.69. The molecule has 0 fully saturated rings. The zero-order valence-corrected chi connectivity index (χ0v) is 18.1. The van der Waals surface area contributed by atoms with Crippen molar-refractivity contribution in [2.75, 3.05) is 26.4 Å². The van der Waals surface area contributed by atoms with Gasteiger partial charge in [0, 0.05) is 17.5 Å². The second-order valence-electron chi connectivity index (χ2n) is 6.24. The number of benzene rings is 2. The summed E-state index contributed by atoms with van der Waals surface area (Å²) in [7, 11) is 0. The number of carbonyl (C=O) groups is 2. The van der Waals surface area contributed by atoms with Crippen molar-refractivity contribution in [3.8, 4) is 11.5 Å². The molecule has 0 bridgehead atoms. The molecule has 0 aliphatic heterocycles. The summed E-state index contributed by atoms with van der Waals surface area (Å²) in [5.41, 5.74) is 0. The lowest BCUT2D eigenvalue weighted by Crippen LogP contribution is -2.20. The van der Waals surface area contributed by atoms with Crippen LogP contribution < -0.4 is 9.47 Å². The third-order valence-corrected chi connectivity index (χ3v) is 4.45. The Morgan fingerprint density at radius 2 is 1.47 bits per heavy atom.